The largest absolute Gasteiger partial charge is 0.445 e. The van der Waals surface area contributed by atoms with Crippen LogP contribution in [-0.4, -0.2) is 41.7 Å². The number of likely N-dealkylation sites (tertiary alicyclic amines) is 1. The Balaban J connectivity index is 2.00. The lowest BCUT2D eigenvalue weighted by atomic mass is 9.91. The molecule has 5 nitrogen and oxygen atoms in total. The van der Waals surface area contributed by atoms with E-state index in [1.54, 1.807) is 4.90 Å². The van der Waals surface area contributed by atoms with E-state index in [4.69, 9.17) is 4.74 Å². The van der Waals surface area contributed by atoms with Gasteiger partial charge in [-0.1, -0.05) is 19.6 Å². The third-order valence-electron chi connectivity index (χ3n) is 4.26. The number of piperidine rings is 1. The summed E-state index contributed by atoms with van der Waals surface area (Å²) in [7, 11) is 0. The molecule has 0 aromatic carbocycles. The van der Waals surface area contributed by atoms with Gasteiger partial charge in [0.25, 0.3) is 0 Å². The summed E-state index contributed by atoms with van der Waals surface area (Å²) in [4.78, 5) is 17.6. The average molecular weight is 357 g/mol. The normalized spacial score (nSPS) is 20.9. The number of rotatable bonds is 5. The van der Waals surface area contributed by atoms with Crippen LogP contribution in [0.1, 0.15) is 25.3 Å². The highest BCUT2D eigenvalue weighted by Gasteiger charge is 2.33. The molecule has 138 valence electrons. The van der Waals surface area contributed by atoms with Gasteiger partial charge in [-0.15, -0.1) is 0 Å². The number of nitrogens with one attached hydrogen (secondary N) is 1. The van der Waals surface area contributed by atoms with Crippen molar-refractivity contribution in [3.8, 4) is 0 Å². The first-order chi connectivity index (χ1) is 11.8. The fraction of sp³-hybridized carbons (Fsp3) is 0.529. The van der Waals surface area contributed by atoms with Crippen LogP contribution >= 0.6 is 0 Å². The van der Waals surface area contributed by atoms with Crippen LogP contribution in [0.2, 0.25) is 0 Å². The Bertz CT molecular complexity index is 590. The topological polar surface area (TPSA) is 54.5 Å². The minimum atomic E-state index is -4.41. The highest BCUT2D eigenvalue weighted by Crippen LogP contribution is 2.29. The number of amides is 1. The standard InChI is InChI=1S/C17H22F3N3O2/c1-3-9-25-16(24)23-8-4-5-12(2)14(23)11-22-15-7-6-13(10-21-15)17(18,19)20/h3,6-7,10,12,14H,1,4-5,8-9,11H2,2H3,(H,21,22)/t12?,14-/m1/s1. The maximum Gasteiger partial charge on any atom is 0.417 e. The van der Waals surface area contributed by atoms with Gasteiger partial charge in [0.15, 0.2) is 0 Å². The maximum atomic E-state index is 12.6. The number of pyridine rings is 1. The molecule has 2 atom stereocenters. The molecule has 0 bridgehead atoms. The van der Waals surface area contributed by atoms with E-state index >= 15 is 0 Å². The molecule has 0 spiro atoms. The number of carbonyl (C=O) groups is 1. The zero-order valence-electron chi connectivity index (χ0n) is 14.1. The van der Waals surface area contributed by atoms with Gasteiger partial charge >= 0.3 is 12.3 Å². The Labute approximate surface area is 144 Å². The van der Waals surface area contributed by atoms with Gasteiger partial charge < -0.3 is 15.0 Å². The molecule has 0 aliphatic carbocycles. The summed E-state index contributed by atoms with van der Waals surface area (Å²) >= 11 is 0. The van der Waals surface area contributed by atoms with E-state index in [0.717, 1.165) is 25.1 Å². The lowest BCUT2D eigenvalue weighted by molar-refractivity contribution is -0.137. The first kappa shape index (κ1) is 19.1. The van der Waals surface area contributed by atoms with Crippen molar-refractivity contribution in [2.45, 2.75) is 32.0 Å². The Morgan fingerprint density at radius 1 is 1.52 bits per heavy atom. The van der Waals surface area contributed by atoms with Crippen molar-refractivity contribution in [1.82, 2.24) is 9.88 Å². The summed E-state index contributed by atoms with van der Waals surface area (Å²) in [6.07, 6.45) is -0.654. The van der Waals surface area contributed by atoms with Crippen LogP contribution in [0, 0.1) is 5.92 Å². The van der Waals surface area contributed by atoms with Crippen molar-refractivity contribution < 1.29 is 22.7 Å². The van der Waals surface area contributed by atoms with E-state index in [-0.39, 0.29) is 18.6 Å². The number of alkyl halides is 3. The highest BCUT2D eigenvalue weighted by molar-refractivity contribution is 5.68. The Hall–Kier alpha value is -2.25. The molecule has 1 fully saturated rings. The van der Waals surface area contributed by atoms with Gasteiger partial charge in [-0.25, -0.2) is 9.78 Å². The number of carbonyl (C=O) groups excluding carboxylic acids is 1. The van der Waals surface area contributed by atoms with Crippen LogP contribution in [0.4, 0.5) is 23.8 Å². The predicted octanol–water partition coefficient (Wildman–Crippen LogP) is 3.94. The molecular weight excluding hydrogens is 335 g/mol. The van der Waals surface area contributed by atoms with Crippen LogP contribution in [0.25, 0.3) is 0 Å². The molecule has 8 heteroatoms. The van der Waals surface area contributed by atoms with E-state index in [1.165, 1.54) is 12.1 Å². The van der Waals surface area contributed by atoms with Crippen molar-refractivity contribution in [3.63, 3.8) is 0 Å². The smallest absolute Gasteiger partial charge is 0.417 e. The fourth-order valence-electron chi connectivity index (χ4n) is 2.88. The molecule has 1 N–H and O–H groups in total. The fourth-order valence-corrected chi connectivity index (χ4v) is 2.88. The van der Waals surface area contributed by atoms with Gasteiger partial charge in [-0.05, 0) is 30.9 Å². The van der Waals surface area contributed by atoms with Crippen molar-refractivity contribution >= 4 is 11.9 Å². The summed E-state index contributed by atoms with van der Waals surface area (Å²) < 4.78 is 42.8. The minimum absolute atomic E-state index is 0.116. The number of hydrogen-bond donors (Lipinski definition) is 1. The number of nitrogens with zero attached hydrogens (tertiary/aromatic N) is 2. The molecule has 2 heterocycles. The second-order valence-electron chi connectivity index (χ2n) is 6.06. The van der Waals surface area contributed by atoms with Crippen molar-refractivity contribution in [3.05, 3.63) is 36.5 Å². The summed E-state index contributed by atoms with van der Waals surface area (Å²) in [6, 6.07) is 2.15. The molecule has 1 amide bonds. The van der Waals surface area contributed by atoms with Gasteiger partial charge in [0.2, 0.25) is 0 Å². The van der Waals surface area contributed by atoms with Crippen molar-refractivity contribution in [2.24, 2.45) is 5.92 Å². The lowest BCUT2D eigenvalue weighted by Crippen LogP contribution is -2.51. The summed E-state index contributed by atoms with van der Waals surface area (Å²) in [6.45, 7) is 6.68. The van der Waals surface area contributed by atoms with Crippen LogP contribution in [0.3, 0.4) is 0 Å². The quantitative estimate of drug-likeness (QED) is 0.811. The molecule has 1 aromatic rings. The third-order valence-corrected chi connectivity index (χ3v) is 4.26. The van der Waals surface area contributed by atoms with Crippen LogP contribution in [0.15, 0.2) is 31.0 Å². The predicted molar refractivity (Wildman–Crippen MR) is 88.2 cm³/mol. The molecule has 1 aliphatic rings. The molecule has 25 heavy (non-hydrogen) atoms. The van der Waals surface area contributed by atoms with Gasteiger partial charge in [-0.2, -0.15) is 13.2 Å². The second-order valence-corrected chi connectivity index (χ2v) is 6.06. The molecule has 1 aliphatic heterocycles. The monoisotopic (exact) mass is 357 g/mol. The second kappa shape index (κ2) is 8.22. The van der Waals surface area contributed by atoms with E-state index in [2.05, 4.69) is 16.9 Å². The molecule has 1 unspecified atom stereocenters. The van der Waals surface area contributed by atoms with Crippen LogP contribution in [-0.2, 0) is 10.9 Å². The van der Waals surface area contributed by atoms with E-state index in [0.29, 0.717) is 18.9 Å². The van der Waals surface area contributed by atoms with Gasteiger partial charge in [0, 0.05) is 19.3 Å². The average Bonchev–Trinajstić information content (AvgIpc) is 2.58. The highest BCUT2D eigenvalue weighted by atomic mass is 19.4. The molecular formula is C17H22F3N3O2. The summed E-state index contributed by atoms with van der Waals surface area (Å²) in [5, 5.41) is 3.02. The Morgan fingerprint density at radius 3 is 2.88 bits per heavy atom. The number of aromatic nitrogens is 1. The lowest BCUT2D eigenvalue weighted by Gasteiger charge is -2.39. The molecule has 2 rings (SSSR count). The van der Waals surface area contributed by atoms with Crippen LogP contribution in [0.5, 0.6) is 0 Å². The number of hydrogen-bond acceptors (Lipinski definition) is 4. The van der Waals surface area contributed by atoms with Crippen molar-refractivity contribution in [2.75, 3.05) is 25.0 Å². The zero-order valence-corrected chi connectivity index (χ0v) is 14.1. The summed E-state index contributed by atoms with van der Waals surface area (Å²) in [5.41, 5.74) is -0.793. The molecule has 1 saturated heterocycles. The summed E-state index contributed by atoms with van der Waals surface area (Å²) in [5.74, 6) is 0.581. The zero-order chi connectivity index (χ0) is 18.4. The number of halogens is 3. The van der Waals surface area contributed by atoms with Crippen LogP contribution < -0.4 is 5.32 Å². The Morgan fingerprint density at radius 2 is 2.28 bits per heavy atom. The third kappa shape index (κ3) is 5.11. The molecule has 1 aromatic heterocycles. The maximum absolute atomic E-state index is 12.6. The first-order valence-electron chi connectivity index (χ1n) is 8.14. The number of anilines is 1. The first-order valence-corrected chi connectivity index (χ1v) is 8.14. The van der Waals surface area contributed by atoms with E-state index in [1.807, 2.05) is 6.92 Å². The van der Waals surface area contributed by atoms with Crippen molar-refractivity contribution in [1.29, 1.82) is 0 Å². The van der Waals surface area contributed by atoms with Gasteiger partial charge in [0.1, 0.15) is 12.4 Å². The number of ether oxygens (including phenoxy) is 1. The molecule has 0 radical (unpaired) electrons. The SMILES string of the molecule is C=CCOC(=O)N1CCCC(C)[C@H]1CNc1ccc(C(F)(F)F)cn1. The van der Waals surface area contributed by atoms with Gasteiger partial charge in [-0.3, -0.25) is 0 Å². The van der Waals surface area contributed by atoms with Gasteiger partial charge in [0.05, 0.1) is 11.6 Å². The van der Waals surface area contributed by atoms with E-state index < -0.39 is 17.8 Å². The van der Waals surface area contributed by atoms with E-state index in [9.17, 15) is 18.0 Å². The minimum Gasteiger partial charge on any atom is -0.445 e. The molecule has 0 saturated carbocycles. The Kier molecular flexibility index (Phi) is 6.27.